The summed E-state index contributed by atoms with van der Waals surface area (Å²) in [6.07, 6.45) is 6.42. The van der Waals surface area contributed by atoms with E-state index in [0.717, 1.165) is 51.5 Å². The highest BCUT2D eigenvalue weighted by atomic mass is 32.1. The van der Waals surface area contributed by atoms with Gasteiger partial charge in [0.05, 0.1) is 21.4 Å². The lowest BCUT2D eigenvalue weighted by atomic mass is 9.89. The number of hydrogen-bond acceptors (Lipinski definition) is 5. The average Bonchev–Trinajstić information content (AvgIpc) is 3.47. The van der Waals surface area contributed by atoms with Crippen LogP contribution in [0.2, 0.25) is 0 Å². The summed E-state index contributed by atoms with van der Waals surface area (Å²) in [6.45, 7) is 7.57. The highest BCUT2D eigenvalue weighted by molar-refractivity contribution is 7.17. The zero-order valence-corrected chi connectivity index (χ0v) is 20.4. The molecule has 1 aliphatic rings. The number of aromatic amines is 1. The van der Waals surface area contributed by atoms with Gasteiger partial charge < -0.3 is 10.1 Å². The fraction of sp³-hybridized carbons (Fsp3) is 0.462. The molecule has 4 aromatic rings. The van der Waals surface area contributed by atoms with Crippen molar-refractivity contribution in [3.8, 4) is 11.4 Å². The minimum atomic E-state index is -0.586. The Balaban J connectivity index is 1.47. The quantitative estimate of drug-likeness (QED) is 0.345. The van der Waals surface area contributed by atoms with Gasteiger partial charge in [-0.3, -0.25) is 5.10 Å². The molecule has 3 aromatic heterocycles. The second-order valence-corrected chi connectivity index (χ2v) is 11.0. The Labute approximate surface area is 198 Å². The third-order valence-corrected chi connectivity index (χ3v) is 7.26. The lowest BCUT2D eigenvalue weighted by Gasteiger charge is -2.22. The number of nitrogens with zero attached hydrogens (tertiary/aromatic N) is 2. The van der Waals surface area contributed by atoms with Crippen LogP contribution < -0.4 is 5.32 Å². The lowest BCUT2D eigenvalue weighted by Crippen LogP contribution is -2.27. The van der Waals surface area contributed by atoms with Crippen LogP contribution in [0.4, 0.5) is 4.79 Å². The fourth-order valence-electron chi connectivity index (χ4n) is 4.79. The predicted octanol–water partition coefficient (Wildman–Crippen LogP) is 6.70. The van der Waals surface area contributed by atoms with Crippen molar-refractivity contribution in [1.29, 1.82) is 0 Å². The van der Waals surface area contributed by atoms with Gasteiger partial charge in [0.2, 0.25) is 0 Å². The van der Waals surface area contributed by atoms with Crippen molar-refractivity contribution in [1.82, 2.24) is 20.1 Å². The Morgan fingerprint density at radius 1 is 1.21 bits per heavy atom. The van der Waals surface area contributed by atoms with E-state index in [-0.39, 0.29) is 6.09 Å². The molecule has 1 aromatic carbocycles. The molecule has 0 radical (unpaired) electrons. The third-order valence-electron chi connectivity index (χ3n) is 6.34. The van der Waals surface area contributed by atoms with Crippen LogP contribution in [0.15, 0.2) is 35.7 Å². The molecular weight excluding hydrogens is 432 g/mol. The van der Waals surface area contributed by atoms with Gasteiger partial charge >= 0.3 is 6.09 Å². The van der Waals surface area contributed by atoms with Crippen LogP contribution in [0.5, 0.6) is 0 Å². The summed E-state index contributed by atoms with van der Waals surface area (Å²) in [7, 11) is 0. The number of fused-ring (bicyclic) bond motifs is 2. The number of carbonyl (C=O) groups is 1. The summed E-state index contributed by atoms with van der Waals surface area (Å²) in [6, 6.07) is 10.4. The molecule has 2 N–H and O–H groups in total. The van der Waals surface area contributed by atoms with Gasteiger partial charge in [-0.15, -0.1) is 11.3 Å². The highest BCUT2D eigenvalue weighted by Crippen LogP contribution is 2.35. The minimum Gasteiger partial charge on any atom is -0.443 e. The first-order chi connectivity index (χ1) is 15.9. The Bertz CT molecular complexity index is 1270. The van der Waals surface area contributed by atoms with Gasteiger partial charge in [-0.05, 0) is 81.3 Å². The molecule has 174 valence electrons. The van der Waals surface area contributed by atoms with Gasteiger partial charge in [-0.2, -0.15) is 5.10 Å². The number of rotatable bonds is 5. The van der Waals surface area contributed by atoms with E-state index in [4.69, 9.17) is 4.74 Å². The highest BCUT2D eigenvalue weighted by Gasteiger charge is 2.25. The van der Waals surface area contributed by atoms with E-state index in [1.54, 1.807) is 15.9 Å². The second kappa shape index (κ2) is 8.95. The number of benzene rings is 1. The third kappa shape index (κ3) is 4.70. The number of thiophene rings is 1. The molecule has 6 nitrogen and oxygen atoms in total. The molecule has 33 heavy (non-hydrogen) atoms. The second-order valence-electron chi connectivity index (χ2n) is 10.1. The molecule has 0 spiro atoms. The SMILES string of the molecule is CC(C)(C)OC(=O)n1c(-c2n[nH]c3ccsc23)cc2cc(CNCC3CCCCC3)ccc21. The van der Waals surface area contributed by atoms with Crippen LogP contribution in [0, 0.1) is 5.92 Å². The van der Waals surface area contributed by atoms with E-state index in [0.29, 0.717) is 0 Å². The van der Waals surface area contributed by atoms with E-state index in [9.17, 15) is 4.79 Å². The summed E-state index contributed by atoms with van der Waals surface area (Å²) < 4.78 is 8.46. The van der Waals surface area contributed by atoms with Crippen molar-refractivity contribution < 1.29 is 9.53 Å². The van der Waals surface area contributed by atoms with Gasteiger partial charge in [-0.1, -0.05) is 25.3 Å². The first-order valence-corrected chi connectivity index (χ1v) is 12.8. The van der Waals surface area contributed by atoms with E-state index in [1.807, 2.05) is 38.3 Å². The van der Waals surface area contributed by atoms with Crippen LogP contribution in [-0.2, 0) is 11.3 Å². The maximum absolute atomic E-state index is 13.3. The number of hydrogen-bond donors (Lipinski definition) is 2. The smallest absolute Gasteiger partial charge is 0.419 e. The summed E-state index contributed by atoms with van der Waals surface area (Å²) in [5.74, 6) is 0.801. The Hall–Kier alpha value is -2.64. The van der Waals surface area contributed by atoms with Gasteiger partial charge in [0.15, 0.2) is 0 Å². The molecule has 1 aliphatic carbocycles. The topological polar surface area (TPSA) is 71.9 Å². The molecule has 0 unspecified atom stereocenters. The van der Waals surface area contributed by atoms with Crippen LogP contribution in [0.25, 0.3) is 32.5 Å². The lowest BCUT2D eigenvalue weighted by molar-refractivity contribution is 0.0547. The maximum Gasteiger partial charge on any atom is 0.419 e. The van der Waals surface area contributed by atoms with Crippen molar-refractivity contribution in [2.45, 2.75) is 65.0 Å². The summed E-state index contributed by atoms with van der Waals surface area (Å²) in [5.41, 5.74) is 3.97. The average molecular weight is 465 g/mol. The zero-order valence-electron chi connectivity index (χ0n) is 19.6. The molecule has 0 atom stereocenters. The molecule has 1 saturated carbocycles. The Kier molecular flexibility index (Phi) is 6.01. The van der Waals surface area contributed by atoms with E-state index >= 15 is 0 Å². The van der Waals surface area contributed by atoms with Crippen LogP contribution in [-0.4, -0.2) is 33.0 Å². The monoisotopic (exact) mass is 464 g/mol. The van der Waals surface area contributed by atoms with Crippen LogP contribution in [0.1, 0.15) is 58.4 Å². The van der Waals surface area contributed by atoms with Crippen LogP contribution in [0.3, 0.4) is 0 Å². The van der Waals surface area contributed by atoms with Crippen molar-refractivity contribution in [3.05, 3.63) is 41.3 Å². The first-order valence-electron chi connectivity index (χ1n) is 11.9. The van der Waals surface area contributed by atoms with Gasteiger partial charge in [0.1, 0.15) is 11.3 Å². The molecular formula is C26H32N4O2S. The standard InChI is InChI=1S/C26H32N4O2S/c1-26(2,3)32-25(31)30-21-10-9-18(16-27-15-17-7-5-4-6-8-17)13-19(21)14-22(30)23-24-20(28-29-23)11-12-33-24/h9-14,17,27H,4-8,15-16H2,1-3H3,(H,28,29). The minimum absolute atomic E-state index is 0.386. The van der Waals surface area contributed by atoms with Gasteiger partial charge in [0, 0.05) is 11.9 Å². The number of nitrogens with one attached hydrogen (secondary N) is 2. The molecule has 0 amide bonds. The molecule has 0 aliphatic heterocycles. The number of H-pyrrole nitrogens is 1. The normalized spacial score (nSPS) is 15.5. The molecule has 5 rings (SSSR count). The van der Waals surface area contributed by atoms with E-state index in [1.165, 1.54) is 37.7 Å². The molecule has 0 saturated heterocycles. The van der Waals surface area contributed by atoms with Crippen molar-refractivity contribution in [2.24, 2.45) is 5.92 Å². The first kappa shape index (κ1) is 22.2. The summed E-state index contributed by atoms with van der Waals surface area (Å²) in [4.78, 5) is 13.3. The largest absolute Gasteiger partial charge is 0.443 e. The van der Waals surface area contributed by atoms with E-state index < -0.39 is 5.60 Å². The van der Waals surface area contributed by atoms with Gasteiger partial charge in [-0.25, -0.2) is 9.36 Å². The molecule has 7 heteroatoms. The number of carbonyl (C=O) groups excluding carboxylic acids is 1. The molecule has 1 fully saturated rings. The Morgan fingerprint density at radius 2 is 2.03 bits per heavy atom. The Morgan fingerprint density at radius 3 is 2.82 bits per heavy atom. The molecule has 0 bridgehead atoms. The van der Waals surface area contributed by atoms with Crippen molar-refractivity contribution in [2.75, 3.05) is 6.54 Å². The van der Waals surface area contributed by atoms with Crippen LogP contribution >= 0.6 is 11.3 Å². The fourth-order valence-corrected chi connectivity index (χ4v) is 5.63. The van der Waals surface area contributed by atoms with E-state index in [2.05, 4.69) is 33.7 Å². The maximum atomic E-state index is 13.3. The summed E-state index contributed by atoms with van der Waals surface area (Å²) >= 11 is 1.62. The van der Waals surface area contributed by atoms with Crippen molar-refractivity contribution >= 4 is 38.5 Å². The zero-order chi connectivity index (χ0) is 23.0. The number of aromatic nitrogens is 3. The van der Waals surface area contributed by atoms with Gasteiger partial charge in [0.25, 0.3) is 0 Å². The number of ether oxygens (including phenoxy) is 1. The predicted molar refractivity (Wildman–Crippen MR) is 135 cm³/mol. The molecule has 3 heterocycles. The van der Waals surface area contributed by atoms with Crippen molar-refractivity contribution in [3.63, 3.8) is 0 Å². The summed E-state index contributed by atoms with van der Waals surface area (Å²) in [5, 5.41) is 14.3.